The highest BCUT2D eigenvalue weighted by Gasteiger charge is 2.21. The van der Waals surface area contributed by atoms with Gasteiger partial charge in [0, 0.05) is 25.4 Å². The molecule has 1 aromatic carbocycles. The SMILES string of the molecule is CCCN(c1ccc(CN)cc1)C1CCCOC1. The maximum Gasteiger partial charge on any atom is 0.0669 e. The maximum atomic E-state index is 5.64. The Bertz CT molecular complexity index is 344. The van der Waals surface area contributed by atoms with E-state index in [1.807, 2.05) is 0 Å². The largest absolute Gasteiger partial charge is 0.379 e. The summed E-state index contributed by atoms with van der Waals surface area (Å²) in [6.07, 6.45) is 3.57. The average Bonchev–Trinajstić information content (AvgIpc) is 2.46. The molecule has 1 fully saturated rings. The molecular formula is C15H24N2O. The smallest absolute Gasteiger partial charge is 0.0669 e. The Morgan fingerprint density at radius 2 is 2.11 bits per heavy atom. The molecule has 0 bridgehead atoms. The number of nitrogens with zero attached hydrogens (tertiary/aromatic N) is 1. The van der Waals surface area contributed by atoms with E-state index in [1.54, 1.807) is 0 Å². The van der Waals surface area contributed by atoms with E-state index in [-0.39, 0.29) is 0 Å². The van der Waals surface area contributed by atoms with Crippen LogP contribution in [0.5, 0.6) is 0 Å². The Kier molecular flexibility index (Phi) is 5.02. The number of nitrogens with two attached hydrogens (primary N) is 1. The number of benzene rings is 1. The van der Waals surface area contributed by atoms with E-state index in [0.717, 1.165) is 26.2 Å². The summed E-state index contributed by atoms with van der Waals surface area (Å²) >= 11 is 0. The number of anilines is 1. The quantitative estimate of drug-likeness (QED) is 0.870. The number of rotatable bonds is 5. The van der Waals surface area contributed by atoms with Crippen molar-refractivity contribution in [3.63, 3.8) is 0 Å². The van der Waals surface area contributed by atoms with Crippen molar-refractivity contribution in [2.75, 3.05) is 24.7 Å². The zero-order valence-electron chi connectivity index (χ0n) is 11.3. The predicted molar refractivity (Wildman–Crippen MR) is 75.8 cm³/mol. The lowest BCUT2D eigenvalue weighted by molar-refractivity contribution is 0.0792. The summed E-state index contributed by atoms with van der Waals surface area (Å²) in [5, 5.41) is 0. The lowest BCUT2D eigenvalue weighted by atomic mass is 10.1. The Balaban J connectivity index is 2.11. The molecule has 3 nitrogen and oxygen atoms in total. The van der Waals surface area contributed by atoms with Gasteiger partial charge in [0.05, 0.1) is 12.6 Å². The standard InChI is InChI=1S/C15H24N2O/c1-2-9-17(15-4-3-10-18-12-15)14-7-5-13(11-16)6-8-14/h5-8,15H,2-4,9-12,16H2,1H3. The van der Waals surface area contributed by atoms with Gasteiger partial charge in [-0.25, -0.2) is 0 Å². The molecule has 100 valence electrons. The molecule has 0 spiro atoms. The second-order valence-electron chi connectivity index (χ2n) is 4.93. The highest BCUT2D eigenvalue weighted by Crippen LogP contribution is 2.22. The first-order valence-electron chi connectivity index (χ1n) is 6.98. The normalized spacial score (nSPS) is 19.8. The molecule has 1 saturated heterocycles. The number of ether oxygens (including phenoxy) is 1. The van der Waals surface area contributed by atoms with Crippen molar-refractivity contribution in [1.82, 2.24) is 0 Å². The van der Waals surface area contributed by atoms with Gasteiger partial charge >= 0.3 is 0 Å². The fraction of sp³-hybridized carbons (Fsp3) is 0.600. The van der Waals surface area contributed by atoms with Crippen LogP contribution >= 0.6 is 0 Å². The lowest BCUT2D eigenvalue weighted by Gasteiger charge is -2.36. The zero-order chi connectivity index (χ0) is 12.8. The van der Waals surface area contributed by atoms with Crippen LogP contribution in [0.25, 0.3) is 0 Å². The second-order valence-corrected chi connectivity index (χ2v) is 4.93. The van der Waals surface area contributed by atoms with E-state index < -0.39 is 0 Å². The first kappa shape index (κ1) is 13.4. The van der Waals surface area contributed by atoms with Crippen molar-refractivity contribution in [3.05, 3.63) is 29.8 Å². The van der Waals surface area contributed by atoms with E-state index in [1.165, 1.54) is 24.1 Å². The Labute approximate surface area is 110 Å². The first-order valence-corrected chi connectivity index (χ1v) is 6.98. The molecule has 1 heterocycles. The summed E-state index contributed by atoms with van der Waals surface area (Å²) in [7, 11) is 0. The highest BCUT2D eigenvalue weighted by molar-refractivity contribution is 5.48. The monoisotopic (exact) mass is 248 g/mol. The topological polar surface area (TPSA) is 38.5 Å². The van der Waals surface area contributed by atoms with Crippen LogP contribution in [-0.2, 0) is 11.3 Å². The fourth-order valence-corrected chi connectivity index (χ4v) is 2.56. The van der Waals surface area contributed by atoms with Gasteiger partial charge in [-0.3, -0.25) is 0 Å². The minimum Gasteiger partial charge on any atom is -0.379 e. The van der Waals surface area contributed by atoms with Gasteiger partial charge in [-0.05, 0) is 37.0 Å². The van der Waals surface area contributed by atoms with Crippen LogP contribution in [-0.4, -0.2) is 25.8 Å². The minimum absolute atomic E-state index is 0.530. The van der Waals surface area contributed by atoms with Crippen molar-refractivity contribution in [3.8, 4) is 0 Å². The third-order valence-electron chi connectivity index (χ3n) is 3.55. The Morgan fingerprint density at radius 1 is 1.33 bits per heavy atom. The van der Waals surface area contributed by atoms with Crippen LogP contribution in [0.3, 0.4) is 0 Å². The number of hydrogen-bond donors (Lipinski definition) is 1. The van der Waals surface area contributed by atoms with Gasteiger partial charge < -0.3 is 15.4 Å². The molecule has 0 aromatic heterocycles. The van der Waals surface area contributed by atoms with Crippen LogP contribution in [0, 0.1) is 0 Å². The molecule has 1 aliphatic heterocycles. The summed E-state index contributed by atoms with van der Waals surface area (Å²) in [5.74, 6) is 0. The van der Waals surface area contributed by atoms with E-state index in [0.29, 0.717) is 12.6 Å². The molecule has 1 aromatic rings. The van der Waals surface area contributed by atoms with Gasteiger partial charge in [-0.2, -0.15) is 0 Å². The molecule has 0 saturated carbocycles. The van der Waals surface area contributed by atoms with Crippen LogP contribution < -0.4 is 10.6 Å². The van der Waals surface area contributed by atoms with Gasteiger partial charge in [-0.1, -0.05) is 19.1 Å². The molecule has 0 radical (unpaired) electrons. The fourth-order valence-electron chi connectivity index (χ4n) is 2.56. The Hall–Kier alpha value is -1.06. The van der Waals surface area contributed by atoms with Crippen LogP contribution in [0.15, 0.2) is 24.3 Å². The van der Waals surface area contributed by atoms with E-state index in [4.69, 9.17) is 10.5 Å². The van der Waals surface area contributed by atoms with Gasteiger partial charge in [-0.15, -0.1) is 0 Å². The van der Waals surface area contributed by atoms with Crippen LogP contribution in [0.4, 0.5) is 5.69 Å². The van der Waals surface area contributed by atoms with E-state index in [9.17, 15) is 0 Å². The minimum atomic E-state index is 0.530. The van der Waals surface area contributed by atoms with Crippen molar-refractivity contribution in [2.45, 2.75) is 38.8 Å². The molecule has 1 aliphatic rings. The number of hydrogen-bond acceptors (Lipinski definition) is 3. The summed E-state index contributed by atoms with van der Waals surface area (Å²) in [6.45, 7) is 5.71. The summed E-state index contributed by atoms with van der Waals surface area (Å²) < 4.78 is 5.61. The third-order valence-corrected chi connectivity index (χ3v) is 3.55. The van der Waals surface area contributed by atoms with Gasteiger partial charge in [0.2, 0.25) is 0 Å². The van der Waals surface area contributed by atoms with Gasteiger partial charge in [0.15, 0.2) is 0 Å². The molecular weight excluding hydrogens is 224 g/mol. The lowest BCUT2D eigenvalue weighted by Crippen LogP contribution is -2.41. The molecule has 2 rings (SSSR count). The first-order chi connectivity index (χ1) is 8.85. The zero-order valence-corrected chi connectivity index (χ0v) is 11.3. The Morgan fingerprint density at radius 3 is 2.67 bits per heavy atom. The molecule has 0 amide bonds. The van der Waals surface area contributed by atoms with E-state index >= 15 is 0 Å². The second kappa shape index (κ2) is 6.76. The summed E-state index contributed by atoms with van der Waals surface area (Å²) in [4.78, 5) is 2.49. The van der Waals surface area contributed by atoms with Crippen LogP contribution in [0.2, 0.25) is 0 Å². The third kappa shape index (κ3) is 3.24. The predicted octanol–water partition coefficient (Wildman–Crippen LogP) is 2.54. The van der Waals surface area contributed by atoms with Gasteiger partial charge in [0.25, 0.3) is 0 Å². The molecule has 1 atom stereocenters. The van der Waals surface area contributed by atoms with Crippen molar-refractivity contribution >= 4 is 5.69 Å². The van der Waals surface area contributed by atoms with Crippen molar-refractivity contribution in [2.24, 2.45) is 5.73 Å². The maximum absolute atomic E-state index is 5.64. The summed E-state index contributed by atoms with van der Waals surface area (Å²) in [6, 6.07) is 9.16. The summed E-state index contributed by atoms with van der Waals surface area (Å²) in [5.41, 5.74) is 8.13. The van der Waals surface area contributed by atoms with E-state index in [2.05, 4.69) is 36.1 Å². The van der Waals surface area contributed by atoms with Crippen molar-refractivity contribution in [1.29, 1.82) is 0 Å². The average molecular weight is 248 g/mol. The molecule has 1 unspecified atom stereocenters. The molecule has 18 heavy (non-hydrogen) atoms. The van der Waals surface area contributed by atoms with Crippen LogP contribution in [0.1, 0.15) is 31.7 Å². The highest BCUT2D eigenvalue weighted by atomic mass is 16.5. The van der Waals surface area contributed by atoms with Crippen molar-refractivity contribution < 1.29 is 4.74 Å². The van der Waals surface area contributed by atoms with Gasteiger partial charge in [0.1, 0.15) is 0 Å². The molecule has 0 aliphatic carbocycles. The molecule has 2 N–H and O–H groups in total. The molecule has 3 heteroatoms.